The summed E-state index contributed by atoms with van der Waals surface area (Å²) in [7, 11) is -20.2. The van der Waals surface area contributed by atoms with Crippen LogP contribution in [0.5, 0.6) is 0 Å². The summed E-state index contributed by atoms with van der Waals surface area (Å²) in [5, 5.41) is 13.1. The van der Waals surface area contributed by atoms with Gasteiger partial charge >= 0.3 is 46.9 Å². The molecule has 0 spiro atoms. The standard InChI is InChI=1S/C21H55N5O24P6/c1-22-17(7-41-51(27,28)29)9-43-53(32,33)45-11-19(24-3)13-47-55(36,37)49-15-21(26-5)16-50-56(38,39)48-14-20(25-4)12-46-54(34,35)44-10-18(23-2)8-42-52(30,31)40-6/h17-26H,7-16H2,1-6H3,(H,30,31)(H,32,33)(H,34,35)(H,36,37)(H,38,39)(H2,27,28,29). The zero-order valence-corrected chi connectivity index (χ0v) is 36.6. The molecule has 10 atom stereocenters. The molecule has 0 bridgehead atoms. The highest BCUT2D eigenvalue weighted by atomic mass is 31.2. The highest BCUT2D eigenvalue weighted by Gasteiger charge is 2.31. The number of nitrogens with one attached hydrogen (secondary N) is 5. The maximum atomic E-state index is 12.5. The highest BCUT2D eigenvalue weighted by molar-refractivity contribution is 7.48. The van der Waals surface area contributed by atoms with E-state index in [1.165, 1.54) is 35.2 Å². The van der Waals surface area contributed by atoms with Gasteiger partial charge in [0.05, 0.1) is 96.3 Å². The summed E-state index contributed by atoms with van der Waals surface area (Å²) in [6, 6.07) is -4.63. The minimum Gasteiger partial charge on any atom is -0.313 e. The lowest BCUT2D eigenvalue weighted by Gasteiger charge is -2.23. The van der Waals surface area contributed by atoms with Crippen LogP contribution in [0.15, 0.2) is 0 Å². The Bertz CT molecular complexity index is 1400. The third-order valence-electron chi connectivity index (χ3n) is 6.67. The Labute approximate surface area is 323 Å². The van der Waals surface area contributed by atoms with E-state index in [2.05, 4.69) is 40.2 Å². The topological polar surface area (TPSA) is 406 Å². The summed E-state index contributed by atoms with van der Waals surface area (Å²) in [6.45, 7) is -5.58. The van der Waals surface area contributed by atoms with Crippen LogP contribution >= 0.6 is 46.9 Å². The Kier molecular flexibility index (Phi) is 27.6. The van der Waals surface area contributed by atoms with Gasteiger partial charge in [-0.3, -0.25) is 49.8 Å². The van der Waals surface area contributed by atoms with Gasteiger partial charge in [0.15, 0.2) is 0 Å². The van der Waals surface area contributed by atoms with E-state index in [1.54, 1.807) is 0 Å². The lowest BCUT2D eigenvalue weighted by atomic mass is 10.3. The molecular formula is C21H55N5O24P6. The van der Waals surface area contributed by atoms with E-state index in [4.69, 9.17) is 46.0 Å². The monoisotopic (exact) mass is 947 g/mol. The Morgan fingerprint density at radius 1 is 0.339 bits per heavy atom. The van der Waals surface area contributed by atoms with E-state index >= 15 is 0 Å². The fourth-order valence-corrected chi connectivity index (χ4v) is 7.21. The Balaban J connectivity index is 4.78. The Morgan fingerprint density at radius 2 is 0.500 bits per heavy atom. The molecule has 56 heavy (non-hydrogen) atoms. The lowest BCUT2D eigenvalue weighted by Crippen LogP contribution is -2.36. The predicted molar refractivity (Wildman–Crippen MR) is 192 cm³/mol. The van der Waals surface area contributed by atoms with Crippen molar-refractivity contribution in [1.82, 2.24) is 26.6 Å². The molecule has 0 fully saturated rings. The molecule has 338 valence electrons. The van der Waals surface area contributed by atoms with Gasteiger partial charge in [-0.15, -0.1) is 0 Å². The molecule has 0 saturated carbocycles. The smallest absolute Gasteiger partial charge is 0.313 e. The molecule has 0 rings (SSSR count). The average Bonchev–Trinajstić information content (AvgIpc) is 3.11. The van der Waals surface area contributed by atoms with Crippen LogP contribution in [0.2, 0.25) is 0 Å². The van der Waals surface area contributed by atoms with Crippen molar-refractivity contribution in [2.24, 2.45) is 0 Å². The molecule has 12 N–H and O–H groups in total. The third-order valence-corrected chi connectivity index (χ3v) is 11.9. The SMILES string of the molecule is CNC(COP(=O)(O)O)COP(=O)(O)OCC(COP(=O)(O)OCC(COP(=O)(O)OCC(COP(=O)(O)OCC(COP(=O)(O)OC)NC)NC)NC)NC. The van der Waals surface area contributed by atoms with Crippen LogP contribution in [-0.2, 0) is 77.2 Å². The fourth-order valence-electron chi connectivity index (χ4n) is 3.12. The summed E-state index contributed by atoms with van der Waals surface area (Å²) in [4.78, 5) is 67.0. The first kappa shape index (κ1) is 56.5. The van der Waals surface area contributed by atoms with Crippen molar-refractivity contribution in [3.05, 3.63) is 0 Å². The van der Waals surface area contributed by atoms with E-state index in [0.29, 0.717) is 0 Å². The van der Waals surface area contributed by atoms with Crippen molar-refractivity contribution in [3.63, 3.8) is 0 Å². The van der Waals surface area contributed by atoms with Crippen LogP contribution in [0.3, 0.4) is 0 Å². The number of phosphoric ester groups is 6. The van der Waals surface area contributed by atoms with E-state index in [0.717, 1.165) is 7.11 Å². The van der Waals surface area contributed by atoms with Gasteiger partial charge in [-0.05, 0) is 35.2 Å². The first-order valence-corrected chi connectivity index (χ1v) is 24.8. The molecule has 0 heterocycles. The third kappa shape index (κ3) is 28.8. The molecule has 0 aromatic rings. The predicted octanol–water partition coefficient (Wildman–Crippen LogP) is -1.67. The second-order valence-electron chi connectivity index (χ2n) is 10.9. The van der Waals surface area contributed by atoms with E-state index in [1.807, 2.05) is 0 Å². The summed E-state index contributed by atoms with van der Waals surface area (Å²) >= 11 is 0. The molecule has 29 nitrogen and oxygen atoms in total. The number of hydrogen-bond donors (Lipinski definition) is 12. The van der Waals surface area contributed by atoms with Crippen LogP contribution in [-0.4, -0.2) is 173 Å². The quantitative estimate of drug-likeness (QED) is 0.0313. The van der Waals surface area contributed by atoms with Crippen LogP contribution in [0.25, 0.3) is 0 Å². The summed E-state index contributed by atoms with van der Waals surface area (Å²) < 4.78 is 124. The second kappa shape index (κ2) is 27.4. The van der Waals surface area contributed by atoms with Crippen LogP contribution in [0.4, 0.5) is 0 Å². The summed E-state index contributed by atoms with van der Waals surface area (Å²) in [6.07, 6.45) is 0. The van der Waals surface area contributed by atoms with Gasteiger partial charge in [-0.25, -0.2) is 27.4 Å². The Morgan fingerprint density at radius 3 is 0.643 bits per heavy atom. The number of rotatable bonds is 36. The van der Waals surface area contributed by atoms with E-state index in [9.17, 15) is 51.9 Å². The maximum Gasteiger partial charge on any atom is 0.472 e. The number of hydrogen-bond acceptors (Lipinski definition) is 22. The van der Waals surface area contributed by atoms with Gasteiger partial charge in [-0.2, -0.15) is 0 Å². The van der Waals surface area contributed by atoms with Crippen LogP contribution in [0, 0.1) is 0 Å². The molecule has 0 aliphatic carbocycles. The largest absolute Gasteiger partial charge is 0.472 e. The van der Waals surface area contributed by atoms with Crippen molar-refractivity contribution < 1.29 is 111 Å². The molecule has 35 heteroatoms. The molecule has 0 aliphatic heterocycles. The minimum absolute atomic E-state index is 0.431. The number of likely N-dealkylation sites (N-methyl/N-ethyl adjacent to an activating group) is 5. The molecule has 0 radical (unpaired) electrons. The molecule has 0 aromatic heterocycles. The molecule has 0 saturated heterocycles. The van der Waals surface area contributed by atoms with Gasteiger partial charge in [-0.1, -0.05) is 0 Å². The van der Waals surface area contributed by atoms with Gasteiger partial charge in [0.25, 0.3) is 0 Å². The summed E-state index contributed by atoms with van der Waals surface area (Å²) in [5.41, 5.74) is 0. The van der Waals surface area contributed by atoms with Crippen molar-refractivity contribution in [1.29, 1.82) is 0 Å². The van der Waals surface area contributed by atoms with Crippen LogP contribution < -0.4 is 26.6 Å². The van der Waals surface area contributed by atoms with Gasteiger partial charge in [0.1, 0.15) is 0 Å². The van der Waals surface area contributed by atoms with Crippen molar-refractivity contribution >= 4 is 46.9 Å². The second-order valence-corrected chi connectivity index (χ2v) is 19.5. The van der Waals surface area contributed by atoms with Crippen LogP contribution in [0.1, 0.15) is 0 Å². The zero-order chi connectivity index (χ0) is 43.3. The number of phosphoric acid groups is 6. The first-order chi connectivity index (χ1) is 25.8. The maximum absolute atomic E-state index is 12.5. The highest BCUT2D eigenvalue weighted by Crippen LogP contribution is 2.47. The fraction of sp³-hybridized carbons (Fsp3) is 1.00. The van der Waals surface area contributed by atoms with Gasteiger partial charge in [0.2, 0.25) is 0 Å². The minimum atomic E-state index is -4.80. The molecular weight excluding hydrogens is 892 g/mol. The molecule has 0 aromatic carbocycles. The Hall–Kier alpha value is 0.460. The summed E-state index contributed by atoms with van der Waals surface area (Å²) in [5.74, 6) is 0. The average molecular weight is 948 g/mol. The van der Waals surface area contributed by atoms with Crippen molar-refractivity contribution in [2.45, 2.75) is 30.2 Å². The first-order valence-electron chi connectivity index (χ1n) is 15.8. The van der Waals surface area contributed by atoms with E-state index < -0.39 is 143 Å². The molecule has 0 aliphatic rings. The lowest BCUT2D eigenvalue weighted by molar-refractivity contribution is 0.0853. The van der Waals surface area contributed by atoms with Gasteiger partial charge in [0, 0.05) is 7.11 Å². The van der Waals surface area contributed by atoms with Crippen molar-refractivity contribution in [2.75, 3.05) is 108 Å². The molecule has 10 unspecified atom stereocenters. The van der Waals surface area contributed by atoms with Gasteiger partial charge < -0.3 is 60.8 Å². The van der Waals surface area contributed by atoms with Crippen molar-refractivity contribution in [3.8, 4) is 0 Å². The molecule has 0 amide bonds. The van der Waals surface area contributed by atoms with E-state index in [-0.39, 0.29) is 0 Å². The normalized spacial score (nSPS) is 20.7. The zero-order valence-electron chi connectivity index (χ0n) is 31.2.